The normalized spacial score (nSPS) is 22.2. The van der Waals surface area contributed by atoms with Gasteiger partial charge in [0, 0.05) is 6.04 Å². The topological polar surface area (TPSA) is 12.0 Å². The van der Waals surface area contributed by atoms with E-state index in [0.29, 0.717) is 6.04 Å². The predicted octanol–water partition coefficient (Wildman–Crippen LogP) is 4.59. The van der Waals surface area contributed by atoms with Crippen molar-refractivity contribution >= 4 is 11.3 Å². The lowest BCUT2D eigenvalue weighted by atomic mass is 9.86. The molecule has 3 rings (SSSR count). The maximum Gasteiger partial charge on any atom is 0.0349 e. The summed E-state index contributed by atoms with van der Waals surface area (Å²) in [6.07, 6.45) is 6.40. The number of thiophene rings is 1. The molecule has 1 N–H and O–H groups in total. The Kier molecular flexibility index (Phi) is 4.54. The van der Waals surface area contributed by atoms with Crippen LogP contribution in [0.2, 0.25) is 0 Å². The molecule has 2 atom stereocenters. The monoisotopic (exact) mass is 285 g/mol. The standard InChI is InChI=1S/C18H23NS/c1-19-18-16(10-9-14-11-12-20-13-14)7-4-6-15-5-2-3-8-17(15)18/h2-3,5,8,11-13,16,18-19H,4,6-7,9-10H2,1H3. The van der Waals surface area contributed by atoms with Crippen LogP contribution in [0.3, 0.4) is 0 Å². The van der Waals surface area contributed by atoms with Gasteiger partial charge in [-0.25, -0.2) is 0 Å². The van der Waals surface area contributed by atoms with Crippen molar-refractivity contribution in [1.82, 2.24) is 5.32 Å². The zero-order valence-corrected chi connectivity index (χ0v) is 13.0. The molecule has 106 valence electrons. The fourth-order valence-corrected chi connectivity index (χ4v) is 4.23. The van der Waals surface area contributed by atoms with Crippen molar-refractivity contribution < 1.29 is 0 Å². The minimum absolute atomic E-state index is 0.521. The average molecular weight is 285 g/mol. The molecular formula is C18H23NS. The quantitative estimate of drug-likeness (QED) is 0.810. The molecule has 1 aliphatic rings. The van der Waals surface area contributed by atoms with Gasteiger partial charge in [0.1, 0.15) is 0 Å². The lowest BCUT2D eigenvalue weighted by Crippen LogP contribution is -2.25. The molecule has 1 aliphatic carbocycles. The molecule has 0 aliphatic heterocycles. The van der Waals surface area contributed by atoms with Crippen molar-refractivity contribution in [3.63, 3.8) is 0 Å². The van der Waals surface area contributed by atoms with Crippen molar-refractivity contribution in [2.24, 2.45) is 5.92 Å². The van der Waals surface area contributed by atoms with Gasteiger partial charge in [-0.2, -0.15) is 11.3 Å². The summed E-state index contributed by atoms with van der Waals surface area (Å²) < 4.78 is 0. The number of hydrogen-bond donors (Lipinski definition) is 1. The summed E-state index contributed by atoms with van der Waals surface area (Å²) in [6, 6.07) is 11.8. The van der Waals surface area contributed by atoms with E-state index in [9.17, 15) is 0 Å². The summed E-state index contributed by atoms with van der Waals surface area (Å²) in [4.78, 5) is 0. The van der Waals surface area contributed by atoms with E-state index in [1.54, 1.807) is 5.56 Å². The molecule has 0 spiro atoms. The lowest BCUT2D eigenvalue weighted by molar-refractivity contribution is 0.340. The Hall–Kier alpha value is -1.12. The molecule has 1 heterocycles. The van der Waals surface area contributed by atoms with Gasteiger partial charge >= 0.3 is 0 Å². The highest BCUT2D eigenvalue weighted by Gasteiger charge is 2.26. The Morgan fingerprint density at radius 1 is 1.25 bits per heavy atom. The minimum atomic E-state index is 0.521. The predicted molar refractivity (Wildman–Crippen MR) is 87.3 cm³/mol. The van der Waals surface area contributed by atoms with Gasteiger partial charge in [-0.05, 0) is 78.6 Å². The van der Waals surface area contributed by atoms with E-state index in [0.717, 1.165) is 5.92 Å². The van der Waals surface area contributed by atoms with Crippen molar-refractivity contribution in [2.45, 2.75) is 38.1 Å². The van der Waals surface area contributed by atoms with Gasteiger partial charge < -0.3 is 5.32 Å². The van der Waals surface area contributed by atoms with Crippen LogP contribution in [-0.4, -0.2) is 7.05 Å². The first kappa shape index (κ1) is 13.8. The maximum atomic E-state index is 3.58. The van der Waals surface area contributed by atoms with Crippen LogP contribution in [0, 0.1) is 5.92 Å². The molecule has 1 aromatic heterocycles. The number of aryl methyl sites for hydroxylation is 2. The average Bonchev–Trinajstić information content (AvgIpc) is 2.93. The second-order valence-electron chi connectivity index (χ2n) is 5.79. The van der Waals surface area contributed by atoms with Crippen LogP contribution in [0.4, 0.5) is 0 Å². The fraction of sp³-hybridized carbons (Fsp3) is 0.444. The molecule has 1 nitrogen and oxygen atoms in total. The SMILES string of the molecule is CNC1c2ccccc2CCCC1CCc1ccsc1. The molecule has 0 fully saturated rings. The Balaban J connectivity index is 1.76. The second kappa shape index (κ2) is 6.55. The van der Waals surface area contributed by atoms with Gasteiger partial charge in [0.15, 0.2) is 0 Å². The van der Waals surface area contributed by atoms with Crippen molar-refractivity contribution in [1.29, 1.82) is 0 Å². The molecule has 20 heavy (non-hydrogen) atoms. The van der Waals surface area contributed by atoms with Crippen molar-refractivity contribution in [2.75, 3.05) is 7.05 Å². The summed E-state index contributed by atoms with van der Waals surface area (Å²) in [5.74, 6) is 0.753. The number of nitrogens with one attached hydrogen (secondary N) is 1. The highest BCUT2D eigenvalue weighted by molar-refractivity contribution is 7.07. The summed E-state index contributed by atoms with van der Waals surface area (Å²) in [5, 5.41) is 8.06. The third kappa shape index (κ3) is 2.97. The lowest BCUT2D eigenvalue weighted by Gasteiger charge is -2.26. The Bertz CT molecular complexity index is 532. The van der Waals surface area contributed by atoms with E-state index >= 15 is 0 Å². The first-order valence-corrected chi connectivity index (χ1v) is 8.59. The molecule has 0 radical (unpaired) electrons. The van der Waals surface area contributed by atoms with E-state index in [2.05, 4.69) is 53.5 Å². The van der Waals surface area contributed by atoms with Gasteiger partial charge in [0.05, 0.1) is 0 Å². The van der Waals surface area contributed by atoms with Crippen LogP contribution in [0.25, 0.3) is 0 Å². The second-order valence-corrected chi connectivity index (χ2v) is 6.57. The van der Waals surface area contributed by atoms with Crippen molar-refractivity contribution in [3.05, 3.63) is 57.8 Å². The minimum Gasteiger partial charge on any atom is -0.313 e. The third-order valence-electron chi connectivity index (χ3n) is 4.58. The maximum absolute atomic E-state index is 3.58. The van der Waals surface area contributed by atoms with Gasteiger partial charge in [0.25, 0.3) is 0 Å². The number of benzene rings is 1. The first-order valence-electron chi connectivity index (χ1n) is 7.64. The van der Waals surface area contributed by atoms with E-state index in [1.807, 2.05) is 11.3 Å². The highest BCUT2D eigenvalue weighted by atomic mass is 32.1. The Morgan fingerprint density at radius 3 is 2.95 bits per heavy atom. The van der Waals surface area contributed by atoms with Crippen LogP contribution < -0.4 is 5.32 Å². The fourth-order valence-electron chi connectivity index (χ4n) is 3.53. The third-order valence-corrected chi connectivity index (χ3v) is 5.31. The zero-order chi connectivity index (χ0) is 13.8. The molecule has 0 bridgehead atoms. The van der Waals surface area contributed by atoms with E-state index in [4.69, 9.17) is 0 Å². The number of rotatable bonds is 4. The number of hydrogen-bond acceptors (Lipinski definition) is 2. The van der Waals surface area contributed by atoms with E-state index < -0.39 is 0 Å². The molecule has 0 saturated heterocycles. The van der Waals surface area contributed by atoms with E-state index in [-0.39, 0.29) is 0 Å². The molecule has 2 heteroatoms. The molecule has 0 saturated carbocycles. The largest absolute Gasteiger partial charge is 0.313 e. The van der Waals surface area contributed by atoms with Crippen LogP contribution in [0.5, 0.6) is 0 Å². The zero-order valence-electron chi connectivity index (χ0n) is 12.1. The Labute approximate surface area is 126 Å². The van der Waals surface area contributed by atoms with Gasteiger partial charge in [-0.15, -0.1) is 0 Å². The highest BCUT2D eigenvalue weighted by Crippen LogP contribution is 2.35. The van der Waals surface area contributed by atoms with Gasteiger partial charge in [-0.3, -0.25) is 0 Å². The smallest absolute Gasteiger partial charge is 0.0349 e. The molecule has 2 unspecified atom stereocenters. The van der Waals surface area contributed by atoms with Crippen LogP contribution in [-0.2, 0) is 12.8 Å². The summed E-state index contributed by atoms with van der Waals surface area (Å²) >= 11 is 1.81. The summed E-state index contributed by atoms with van der Waals surface area (Å²) in [5.41, 5.74) is 4.58. The first-order chi connectivity index (χ1) is 9.88. The van der Waals surface area contributed by atoms with Crippen LogP contribution in [0.15, 0.2) is 41.1 Å². The van der Waals surface area contributed by atoms with Crippen LogP contribution in [0.1, 0.15) is 42.0 Å². The summed E-state index contributed by atoms with van der Waals surface area (Å²) in [7, 11) is 2.12. The van der Waals surface area contributed by atoms with Gasteiger partial charge in [0.2, 0.25) is 0 Å². The van der Waals surface area contributed by atoms with Crippen molar-refractivity contribution in [3.8, 4) is 0 Å². The van der Waals surface area contributed by atoms with Gasteiger partial charge in [-0.1, -0.05) is 24.3 Å². The summed E-state index contributed by atoms with van der Waals surface area (Å²) in [6.45, 7) is 0. The molecule has 2 aromatic rings. The number of fused-ring (bicyclic) bond motifs is 1. The molecular weight excluding hydrogens is 262 g/mol. The molecule has 1 aromatic carbocycles. The molecule has 0 amide bonds. The van der Waals surface area contributed by atoms with Crippen LogP contribution >= 0.6 is 11.3 Å². The van der Waals surface area contributed by atoms with E-state index in [1.165, 1.54) is 43.2 Å². The Morgan fingerprint density at radius 2 is 2.15 bits per heavy atom.